The first-order valence-electron chi connectivity index (χ1n) is 7.33. The molecule has 2 aromatic rings. The number of aryl methyl sites for hydroxylation is 1. The number of carbonyl (C=O) groups excluding carboxylic acids is 1. The van der Waals surface area contributed by atoms with E-state index in [4.69, 9.17) is 0 Å². The lowest BCUT2D eigenvalue weighted by molar-refractivity contribution is 0.0934. The second kappa shape index (κ2) is 5.60. The Hall–Kier alpha value is -2.29. The smallest absolute Gasteiger partial charge is 0.251 e. The van der Waals surface area contributed by atoms with Crippen LogP contribution in [-0.2, 0) is 0 Å². The van der Waals surface area contributed by atoms with Crippen molar-refractivity contribution in [2.45, 2.75) is 19.4 Å². The highest BCUT2D eigenvalue weighted by Crippen LogP contribution is 2.32. The summed E-state index contributed by atoms with van der Waals surface area (Å²) in [4.78, 5) is 14.7. The van der Waals surface area contributed by atoms with Crippen molar-refractivity contribution in [3.63, 3.8) is 0 Å². The molecule has 0 saturated heterocycles. The van der Waals surface area contributed by atoms with Gasteiger partial charge in [0.2, 0.25) is 0 Å². The van der Waals surface area contributed by atoms with Gasteiger partial charge in [-0.25, -0.2) is 0 Å². The van der Waals surface area contributed by atoms with Crippen LogP contribution in [0.1, 0.15) is 33.9 Å². The van der Waals surface area contributed by atoms with Crippen molar-refractivity contribution in [1.29, 1.82) is 0 Å². The van der Waals surface area contributed by atoms with Gasteiger partial charge in [0.25, 0.3) is 5.91 Å². The Morgan fingerprint density at radius 2 is 2.00 bits per heavy atom. The van der Waals surface area contributed by atoms with E-state index in [0.29, 0.717) is 0 Å². The Morgan fingerprint density at radius 3 is 2.81 bits per heavy atom. The van der Waals surface area contributed by atoms with Gasteiger partial charge in [0.1, 0.15) is 0 Å². The molecule has 0 radical (unpaired) electrons. The van der Waals surface area contributed by atoms with E-state index in [0.717, 1.165) is 24.1 Å². The normalized spacial score (nSPS) is 17.2. The summed E-state index contributed by atoms with van der Waals surface area (Å²) in [5.74, 6) is 0.00283. The number of nitrogens with zero attached hydrogens (tertiary/aromatic N) is 1. The third-order valence-electron chi connectivity index (χ3n) is 4.06. The molecule has 1 amide bonds. The van der Waals surface area contributed by atoms with Crippen molar-refractivity contribution < 1.29 is 4.79 Å². The zero-order chi connectivity index (χ0) is 14.8. The minimum Gasteiger partial charge on any atom is -0.374 e. The zero-order valence-electron chi connectivity index (χ0n) is 12.5. The fourth-order valence-corrected chi connectivity index (χ4v) is 2.91. The maximum atomic E-state index is 12.4. The van der Waals surface area contributed by atoms with Gasteiger partial charge >= 0.3 is 0 Å². The van der Waals surface area contributed by atoms with Gasteiger partial charge in [-0.3, -0.25) is 4.79 Å². The topological polar surface area (TPSA) is 32.3 Å². The molecular weight excluding hydrogens is 260 g/mol. The van der Waals surface area contributed by atoms with Gasteiger partial charge in [-0.1, -0.05) is 35.9 Å². The lowest BCUT2D eigenvalue weighted by atomic mass is 9.96. The quantitative estimate of drug-likeness (QED) is 0.915. The average Bonchev–Trinajstić information content (AvgIpc) is 2.50. The largest absolute Gasteiger partial charge is 0.374 e. The lowest BCUT2D eigenvalue weighted by Gasteiger charge is -2.33. The van der Waals surface area contributed by atoms with Gasteiger partial charge in [0, 0.05) is 24.8 Å². The first kappa shape index (κ1) is 13.7. The molecule has 1 unspecified atom stereocenters. The van der Waals surface area contributed by atoms with Crippen LogP contribution in [0.15, 0.2) is 48.5 Å². The molecule has 3 rings (SSSR count). The molecule has 0 fully saturated rings. The molecule has 1 aliphatic rings. The van der Waals surface area contributed by atoms with Crippen molar-refractivity contribution in [3.05, 3.63) is 65.2 Å². The molecule has 21 heavy (non-hydrogen) atoms. The molecule has 0 aliphatic carbocycles. The van der Waals surface area contributed by atoms with E-state index in [1.807, 2.05) is 43.3 Å². The minimum atomic E-state index is 0.00283. The predicted molar refractivity (Wildman–Crippen MR) is 85.7 cm³/mol. The Kier molecular flexibility index (Phi) is 3.65. The Balaban J connectivity index is 1.83. The summed E-state index contributed by atoms with van der Waals surface area (Å²) in [6, 6.07) is 16.1. The van der Waals surface area contributed by atoms with Crippen molar-refractivity contribution >= 4 is 11.6 Å². The van der Waals surface area contributed by atoms with Crippen LogP contribution in [0.25, 0.3) is 0 Å². The monoisotopic (exact) mass is 280 g/mol. The maximum absolute atomic E-state index is 12.4. The van der Waals surface area contributed by atoms with Gasteiger partial charge in [0.05, 0.1) is 6.04 Å². The number of hydrogen-bond acceptors (Lipinski definition) is 2. The summed E-state index contributed by atoms with van der Waals surface area (Å²) < 4.78 is 0. The highest BCUT2D eigenvalue weighted by Gasteiger charge is 2.24. The molecular formula is C18H20N2O. The number of hydrogen-bond donors (Lipinski definition) is 1. The molecule has 3 nitrogen and oxygen atoms in total. The van der Waals surface area contributed by atoms with E-state index >= 15 is 0 Å². The summed E-state index contributed by atoms with van der Waals surface area (Å²) in [6.45, 7) is 2.96. The molecule has 1 atom stereocenters. The summed E-state index contributed by atoms with van der Waals surface area (Å²) in [6.07, 6.45) is 0.936. The maximum Gasteiger partial charge on any atom is 0.251 e. The van der Waals surface area contributed by atoms with E-state index in [2.05, 4.69) is 29.4 Å². The highest BCUT2D eigenvalue weighted by atomic mass is 16.1. The minimum absolute atomic E-state index is 0.00283. The van der Waals surface area contributed by atoms with Crippen LogP contribution in [0.2, 0.25) is 0 Å². The van der Waals surface area contributed by atoms with Gasteiger partial charge in [0.15, 0.2) is 0 Å². The summed E-state index contributed by atoms with van der Waals surface area (Å²) in [7, 11) is 2.09. The third kappa shape index (κ3) is 2.77. The van der Waals surface area contributed by atoms with Crippen LogP contribution in [-0.4, -0.2) is 19.5 Å². The number of amides is 1. The SMILES string of the molecule is Cc1cccc(C(=O)NC2CCN(C)c3ccccc32)c1. The Labute approximate surface area is 125 Å². The molecule has 0 spiro atoms. The van der Waals surface area contributed by atoms with Crippen LogP contribution < -0.4 is 10.2 Å². The first-order valence-corrected chi connectivity index (χ1v) is 7.33. The molecule has 0 bridgehead atoms. The van der Waals surface area contributed by atoms with Gasteiger partial charge in [-0.15, -0.1) is 0 Å². The first-order chi connectivity index (χ1) is 10.1. The summed E-state index contributed by atoms with van der Waals surface area (Å²) in [5, 5.41) is 3.17. The Morgan fingerprint density at radius 1 is 1.19 bits per heavy atom. The fourth-order valence-electron chi connectivity index (χ4n) is 2.91. The molecule has 108 valence electrons. The average molecular weight is 280 g/mol. The van der Waals surface area contributed by atoms with Gasteiger partial charge < -0.3 is 10.2 Å². The summed E-state index contributed by atoms with van der Waals surface area (Å²) >= 11 is 0. The molecule has 1 N–H and O–H groups in total. The van der Waals surface area contributed by atoms with E-state index in [-0.39, 0.29) is 11.9 Å². The van der Waals surface area contributed by atoms with Crippen LogP contribution in [0.4, 0.5) is 5.69 Å². The second-order valence-electron chi connectivity index (χ2n) is 5.66. The highest BCUT2D eigenvalue weighted by molar-refractivity contribution is 5.94. The van der Waals surface area contributed by atoms with Crippen LogP contribution in [0.5, 0.6) is 0 Å². The Bertz CT molecular complexity index is 666. The fraction of sp³-hybridized carbons (Fsp3) is 0.278. The summed E-state index contributed by atoms with van der Waals surface area (Å²) in [5.41, 5.74) is 4.24. The number of fused-ring (bicyclic) bond motifs is 1. The lowest BCUT2D eigenvalue weighted by Crippen LogP contribution is -2.36. The van der Waals surface area contributed by atoms with Crippen molar-refractivity contribution in [3.8, 4) is 0 Å². The van der Waals surface area contributed by atoms with Crippen LogP contribution in [0, 0.1) is 6.92 Å². The van der Waals surface area contributed by atoms with Crippen molar-refractivity contribution in [2.24, 2.45) is 0 Å². The van der Waals surface area contributed by atoms with Crippen molar-refractivity contribution in [1.82, 2.24) is 5.32 Å². The predicted octanol–water partition coefficient (Wildman–Crippen LogP) is 3.31. The number of benzene rings is 2. The van der Waals surface area contributed by atoms with E-state index in [1.54, 1.807) is 0 Å². The van der Waals surface area contributed by atoms with E-state index < -0.39 is 0 Å². The van der Waals surface area contributed by atoms with E-state index in [1.165, 1.54) is 11.3 Å². The number of rotatable bonds is 2. The van der Waals surface area contributed by atoms with Gasteiger partial charge in [-0.05, 0) is 37.1 Å². The standard InChI is InChI=1S/C18H20N2O/c1-13-6-5-7-14(12-13)18(21)19-16-10-11-20(2)17-9-4-3-8-15(16)17/h3-9,12,16H,10-11H2,1-2H3,(H,19,21). The molecule has 1 aliphatic heterocycles. The molecule has 2 aromatic carbocycles. The molecule has 0 aromatic heterocycles. The number of para-hydroxylation sites is 1. The number of carbonyl (C=O) groups is 1. The van der Waals surface area contributed by atoms with Crippen LogP contribution >= 0.6 is 0 Å². The number of anilines is 1. The van der Waals surface area contributed by atoms with E-state index in [9.17, 15) is 4.79 Å². The molecule has 1 heterocycles. The van der Waals surface area contributed by atoms with Crippen LogP contribution in [0.3, 0.4) is 0 Å². The third-order valence-corrected chi connectivity index (χ3v) is 4.06. The molecule has 3 heteroatoms. The number of nitrogens with one attached hydrogen (secondary N) is 1. The second-order valence-corrected chi connectivity index (χ2v) is 5.66. The van der Waals surface area contributed by atoms with Gasteiger partial charge in [-0.2, -0.15) is 0 Å². The zero-order valence-corrected chi connectivity index (χ0v) is 12.5. The molecule has 0 saturated carbocycles. The van der Waals surface area contributed by atoms with Crippen molar-refractivity contribution in [2.75, 3.05) is 18.5 Å².